The van der Waals surface area contributed by atoms with Gasteiger partial charge in [-0.3, -0.25) is 0 Å². The number of hydrogen-bond acceptors (Lipinski definition) is 0. The zero-order chi connectivity index (χ0) is 50.3. The second kappa shape index (κ2) is 16.2. The molecule has 15 rings (SSSR count). The third kappa shape index (κ3) is 6.82. The fraction of sp³-hybridized carbons (Fsp3) is 0.120. The average molecular weight is 957 g/mol. The van der Waals surface area contributed by atoms with Gasteiger partial charge in [-0.15, -0.1) is 0 Å². The van der Waals surface area contributed by atoms with Crippen LogP contribution in [0, 0.1) is 5.41 Å². The third-order valence-corrected chi connectivity index (χ3v) is 17.6. The van der Waals surface area contributed by atoms with Crippen molar-refractivity contribution < 1.29 is 0 Å². The van der Waals surface area contributed by atoms with Crippen molar-refractivity contribution in [2.45, 2.75) is 52.9 Å². The van der Waals surface area contributed by atoms with Crippen LogP contribution in [0.5, 0.6) is 0 Å². The monoisotopic (exact) mass is 956 g/mol. The Morgan fingerprint density at radius 1 is 0.360 bits per heavy atom. The first-order valence-corrected chi connectivity index (χ1v) is 26.9. The minimum Gasteiger partial charge on any atom is -0.0759 e. The lowest BCUT2D eigenvalue weighted by atomic mass is 9.72. The smallest absolute Gasteiger partial charge is 0.0159 e. The summed E-state index contributed by atoms with van der Waals surface area (Å²) in [6.45, 7) is 11.8. The summed E-state index contributed by atoms with van der Waals surface area (Å²) in [5.41, 5.74) is 33.1. The second-order valence-electron chi connectivity index (χ2n) is 23.1. The van der Waals surface area contributed by atoms with Gasteiger partial charge in [0.2, 0.25) is 0 Å². The predicted octanol–water partition coefficient (Wildman–Crippen LogP) is 20.7. The number of hydrogen-bond donors (Lipinski definition) is 0. The molecular weight excluding hydrogens is 901 g/mol. The molecule has 75 heavy (non-hydrogen) atoms. The zero-order valence-corrected chi connectivity index (χ0v) is 43.3. The summed E-state index contributed by atoms with van der Waals surface area (Å²) in [4.78, 5) is 0. The highest BCUT2D eigenvalue weighted by atomic mass is 14.4. The van der Waals surface area contributed by atoms with Gasteiger partial charge in [0.05, 0.1) is 0 Å². The minimum atomic E-state index is -0.136. The molecule has 0 atom stereocenters. The van der Waals surface area contributed by atoms with Crippen molar-refractivity contribution in [3.8, 4) is 100 Å². The van der Waals surface area contributed by atoms with Crippen molar-refractivity contribution in [1.82, 2.24) is 0 Å². The Labute approximate surface area is 441 Å². The highest BCUT2D eigenvalue weighted by Crippen LogP contribution is 2.53. The topological polar surface area (TPSA) is 0 Å². The Morgan fingerprint density at radius 3 is 1.32 bits per heavy atom. The first-order chi connectivity index (χ1) is 36.5. The van der Waals surface area contributed by atoms with E-state index in [1.807, 2.05) is 0 Å². The molecule has 11 aromatic rings. The van der Waals surface area contributed by atoms with E-state index in [1.54, 1.807) is 0 Å². The normalized spacial score (nSPS) is 14.4. The molecule has 0 nitrogen and oxygen atoms in total. The standard InChI is InChI=1S/C75H56/c1-74(2,3)58-41-56-30-29-53-31-35-59(67-38-34-57(42-58)71(56)72(53)67)51-27-23-50(24-28-51)55-33-37-64-63-36-32-54(43-69(63)75(4,5)70(64)44-55)49-19-17-47(18-20-49)45-13-15-46(16-14-45)48-21-25-52(26-22-48)60-39-40-68-62-10-7-6-9-61(62)66-12-8-11-65(60)73(66)68/h6-28,30-40,42-44H,29,41H2,1-5H3. The Bertz CT molecular complexity index is 4250. The highest BCUT2D eigenvalue weighted by Gasteiger charge is 2.36. The van der Waals surface area contributed by atoms with Crippen LogP contribution in [-0.2, 0) is 11.8 Å². The van der Waals surface area contributed by atoms with Gasteiger partial charge in [-0.2, -0.15) is 0 Å². The third-order valence-electron chi connectivity index (χ3n) is 17.6. The summed E-state index contributed by atoms with van der Waals surface area (Å²) in [5.74, 6) is 0. The molecular formula is C75H56. The van der Waals surface area contributed by atoms with Crippen LogP contribution in [0.1, 0.15) is 68.9 Å². The molecule has 0 bridgehead atoms. The molecule has 4 aliphatic carbocycles. The minimum absolute atomic E-state index is 0.136. The first-order valence-electron chi connectivity index (χ1n) is 26.9. The van der Waals surface area contributed by atoms with Gasteiger partial charge in [0, 0.05) is 5.41 Å². The average Bonchev–Trinajstić information content (AvgIpc) is 3.91. The van der Waals surface area contributed by atoms with E-state index in [2.05, 4.69) is 259 Å². The van der Waals surface area contributed by atoms with E-state index >= 15 is 0 Å². The molecule has 0 aliphatic heterocycles. The van der Waals surface area contributed by atoms with E-state index in [9.17, 15) is 0 Å². The van der Waals surface area contributed by atoms with E-state index in [0.29, 0.717) is 0 Å². The molecule has 0 heterocycles. The van der Waals surface area contributed by atoms with Crippen LogP contribution >= 0.6 is 0 Å². The number of fused-ring (bicyclic) bond motifs is 6. The van der Waals surface area contributed by atoms with Crippen molar-refractivity contribution in [3.05, 3.63) is 252 Å². The number of benzene rings is 11. The Kier molecular flexibility index (Phi) is 9.50. The Morgan fingerprint density at radius 2 is 0.787 bits per heavy atom. The van der Waals surface area contributed by atoms with Gasteiger partial charge < -0.3 is 0 Å². The second-order valence-corrected chi connectivity index (χ2v) is 23.1. The van der Waals surface area contributed by atoms with Crippen molar-refractivity contribution in [2.24, 2.45) is 5.41 Å². The molecule has 0 spiro atoms. The van der Waals surface area contributed by atoms with Crippen LogP contribution in [0.25, 0.3) is 133 Å². The first kappa shape index (κ1) is 44.0. The van der Waals surface area contributed by atoms with Crippen molar-refractivity contribution in [2.75, 3.05) is 0 Å². The highest BCUT2D eigenvalue weighted by molar-refractivity contribution is 6.18. The summed E-state index contributed by atoms with van der Waals surface area (Å²) < 4.78 is 0. The van der Waals surface area contributed by atoms with Gasteiger partial charge in [0.15, 0.2) is 0 Å². The molecule has 0 N–H and O–H groups in total. The Hall–Kier alpha value is -8.58. The van der Waals surface area contributed by atoms with Crippen LogP contribution in [0.4, 0.5) is 0 Å². The fourth-order valence-electron chi connectivity index (χ4n) is 13.4. The zero-order valence-electron chi connectivity index (χ0n) is 43.3. The molecule has 4 aliphatic rings. The molecule has 11 aromatic carbocycles. The molecule has 0 aromatic heterocycles. The summed E-state index contributed by atoms with van der Waals surface area (Å²) in [7, 11) is 0. The molecule has 0 heteroatoms. The Balaban J connectivity index is 0.653. The van der Waals surface area contributed by atoms with Crippen LogP contribution in [0.2, 0.25) is 0 Å². The van der Waals surface area contributed by atoms with Gasteiger partial charge >= 0.3 is 0 Å². The summed E-state index contributed by atoms with van der Waals surface area (Å²) >= 11 is 0. The quantitative estimate of drug-likeness (QED) is 0.156. The van der Waals surface area contributed by atoms with E-state index < -0.39 is 0 Å². The molecule has 356 valence electrons. The van der Waals surface area contributed by atoms with Crippen molar-refractivity contribution in [1.29, 1.82) is 0 Å². The molecule has 0 amide bonds. The summed E-state index contributed by atoms with van der Waals surface area (Å²) in [6, 6.07) is 80.4. The number of rotatable bonds is 6. The van der Waals surface area contributed by atoms with E-state index in [1.165, 1.54) is 161 Å². The molecule has 0 saturated heterocycles. The van der Waals surface area contributed by atoms with E-state index in [-0.39, 0.29) is 10.8 Å². The SMILES string of the molecule is CC(C)(C)C1=Cc2ccc3c(-c4ccc(-c5ccc6c(c5)C(C)(C)c5cc(-c7ccc(-c8ccc(-c9ccc(-c%10ccc%11c%12c(cccc%10%12)-c%10ccccc%10-%11)cc9)cc8)cc7)ccc5-6)cc4)ccc4c3c2C(=CC4)C1. The van der Waals surface area contributed by atoms with E-state index in [4.69, 9.17) is 0 Å². The van der Waals surface area contributed by atoms with E-state index in [0.717, 1.165) is 12.8 Å². The number of allylic oxidation sites excluding steroid dienone is 3. The van der Waals surface area contributed by atoms with Crippen LogP contribution in [0.15, 0.2) is 224 Å². The van der Waals surface area contributed by atoms with Crippen molar-refractivity contribution in [3.63, 3.8) is 0 Å². The van der Waals surface area contributed by atoms with Gasteiger partial charge in [-0.05, 0) is 185 Å². The van der Waals surface area contributed by atoms with Gasteiger partial charge in [0.1, 0.15) is 0 Å². The summed E-state index contributed by atoms with van der Waals surface area (Å²) in [5, 5.41) is 5.50. The lowest BCUT2D eigenvalue weighted by Crippen LogP contribution is -2.15. The maximum atomic E-state index is 2.48. The predicted molar refractivity (Wildman–Crippen MR) is 320 cm³/mol. The maximum absolute atomic E-state index is 2.48. The largest absolute Gasteiger partial charge is 0.0759 e. The van der Waals surface area contributed by atoms with Crippen LogP contribution in [0.3, 0.4) is 0 Å². The molecule has 0 radical (unpaired) electrons. The fourth-order valence-corrected chi connectivity index (χ4v) is 13.4. The lowest BCUT2D eigenvalue weighted by molar-refractivity contribution is 0.498. The summed E-state index contributed by atoms with van der Waals surface area (Å²) in [6.07, 6.45) is 7.00. The van der Waals surface area contributed by atoms with Gasteiger partial charge in [-0.25, -0.2) is 0 Å². The van der Waals surface area contributed by atoms with Crippen LogP contribution in [-0.4, -0.2) is 0 Å². The van der Waals surface area contributed by atoms with Crippen LogP contribution < -0.4 is 0 Å². The van der Waals surface area contributed by atoms with Crippen molar-refractivity contribution >= 4 is 33.2 Å². The maximum Gasteiger partial charge on any atom is 0.0159 e. The molecule has 0 saturated carbocycles. The molecule has 0 unspecified atom stereocenters. The van der Waals surface area contributed by atoms with Gasteiger partial charge in [-0.1, -0.05) is 253 Å². The molecule has 0 fully saturated rings. The lowest BCUT2D eigenvalue weighted by Gasteiger charge is -2.32. The van der Waals surface area contributed by atoms with Gasteiger partial charge in [0.25, 0.3) is 0 Å².